The molecule has 0 aliphatic carbocycles. The summed E-state index contributed by atoms with van der Waals surface area (Å²) in [6.45, 7) is 2.31. The molecule has 0 amide bonds. The molecule has 11 heavy (non-hydrogen) atoms. The average molecular weight is 176 g/mol. The van der Waals surface area contributed by atoms with Crippen molar-refractivity contribution >= 4 is 17.7 Å². The topological polar surface area (TPSA) is 46.5 Å². The Hall–Kier alpha value is -0.220. The van der Waals surface area contributed by atoms with E-state index >= 15 is 0 Å². The van der Waals surface area contributed by atoms with E-state index in [2.05, 4.69) is 0 Å². The highest BCUT2D eigenvalue weighted by molar-refractivity contribution is 7.99. The van der Waals surface area contributed by atoms with Crippen molar-refractivity contribution in [3.05, 3.63) is 0 Å². The lowest BCUT2D eigenvalue weighted by Crippen LogP contribution is -2.41. The van der Waals surface area contributed by atoms with Crippen molar-refractivity contribution in [3.63, 3.8) is 0 Å². The number of rotatable bonds is 3. The molecular formula is C7H12O3S. The lowest BCUT2D eigenvalue weighted by molar-refractivity contribution is -0.161. The third-order valence-corrected chi connectivity index (χ3v) is 2.96. The largest absolute Gasteiger partial charge is 0.479 e. The molecule has 1 aliphatic heterocycles. The van der Waals surface area contributed by atoms with Crippen LogP contribution >= 0.6 is 11.8 Å². The number of thioether (sulfide) groups is 1. The van der Waals surface area contributed by atoms with Gasteiger partial charge in [-0.05, 0) is 19.1 Å². The Labute approximate surface area is 70.1 Å². The van der Waals surface area contributed by atoms with Crippen molar-refractivity contribution in [3.8, 4) is 0 Å². The minimum absolute atomic E-state index is 0.479. The molecule has 1 aliphatic rings. The first kappa shape index (κ1) is 8.87. The minimum atomic E-state index is -0.876. The first-order valence-corrected chi connectivity index (χ1v) is 4.82. The molecule has 3 nitrogen and oxygen atoms in total. The van der Waals surface area contributed by atoms with Crippen molar-refractivity contribution < 1.29 is 14.6 Å². The maximum atomic E-state index is 10.8. The number of carbonyl (C=O) groups is 1. The molecule has 1 fully saturated rings. The van der Waals surface area contributed by atoms with Crippen LogP contribution in [0.4, 0.5) is 0 Å². The summed E-state index contributed by atoms with van der Waals surface area (Å²) in [5, 5.41) is 8.86. The van der Waals surface area contributed by atoms with Gasteiger partial charge in [0, 0.05) is 12.4 Å². The van der Waals surface area contributed by atoms with Gasteiger partial charge in [-0.25, -0.2) is 4.79 Å². The Morgan fingerprint density at radius 2 is 2.55 bits per heavy atom. The molecule has 0 radical (unpaired) electrons. The SMILES string of the molecule is CCOC1(C(=O)O)CCSC1. The summed E-state index contributed by atoms with van der Waals surface area (Å²) in [5.74, 6) is 0.673. The van der Waals surface area contributed by atoms with Crippen LogP contribution < -0.4 is 0 Å². The van der Waals surface area contributed by atoms with Crippen molar-refractivity contribution in [2.24, 2.45) is 0 Å². The summed E-state index contributed by atoms with van der Waals surface area (Å²) in [5.41, 5.74) is -0.876. The summed E-state index contributed by atoms with van der Waals surface area (Å²) < 4.78 is 5.23. The van der Waals surface area contributed by atoms with Gasteiger partial charge in [0.15, 0.2) is 5.60 Å². The molecule has 0 aromatic rings. The monoisotopic (exact) mass is 176 g/mol. The van der Waals surface area contributed by atoms with Crippen molar-refractivity contribution in [1.82, 2.24) is 0 Å². The maximum absolute atomic E-state index is 10.8. The van der Waals surface area contributed by atoms with Crippen molar-refractivity contribution in [2.45, 2.75) is 18.9 Å². The lowest BCUT2D eigenvalue weighted by Gasteiger charge is -2.22. The van der Waals surface area contributed by atoms with Gasteiger partial charge in [0.25, 0.3) is 0 Å². The standard InChI is InChI=1S/C7H12O3S/c1-2-10-7(6(8)9)3-4-11-5-7/h2-5H2,1H3,(H,8,9). The van der Waals surface area contributed by atoms with Gasteiger partial charge in [0.1, 0.15) is 0 Å². The Kier molecular flexibility index (Phi) is 2.78. The third-order valence-electron chi connectivity index (χ3n) is 1.80. The molecule has 1 heterocycles. The van der Waals surface area contributed by atoms with Crippen LogP contribution in [0.15, 0.2) is 0 Å². The highest BCUT2D eigenvalue weighted by Crippen LogP contribution is 2.31. The fourth-order valence-corrected chi connectivity index (χ4v) is 2.47. The summed E-state index contributed by atoms with van der Waals surface area (Å²) in [7, 11) is 0. The first-order chi connectivity index (χ1) is 5.21. The molecule has 0 bridgehead atoms. The van der Waals surface area contributed by atoms with E-state index in [0.717, 1.165) is 5.75 Å². The smallest absolute Gasteiger partial charge is 0.336 e. The highest BCUT2D eigenvalue weighted by atomic mass is 32.2. The van der Waals surface area contributed by atoms with Crippen LogP contribution in [0.2, 0.25) is 0 Å². The molecule has 1 unspecified atom stereocenters. The molecule has 1 rings (SSSR count). The molecule has 4 heteroatoms. The van der Waals surface area contributed by atoms with Gasteiger partial charge in [-0.3, -0.25) is 0 Å². The van der Waals surface area contributed by atoms with Gasteiger partial charge in [-0.15, -0.1) is 0 Å². The van der Waals surface area contributed by atoms with E-state index in [4.69, 9.17) is 9.84 Å². The summed E-state index contributed by atoms with van der Waals surface area (Å²) in [6.07, 6.45) is 0.640. The Bertz CT molecular complexity index is 152. The Balaban J connectivity index is 2.62. The van der Waals surface area contributed by atoms with Crippen LogP contribution in [0.5, 0.6) is 0 Å². The zero-order chi connectivity index (χ0) is 8.32. The van der Waals surface area contributed by atoms with E-state index in [-0.39, 0.29) is 0 Å². The van der Waals surface area contributed by atoms with Gasteiger partial charge in [0.2, 0.25) is 0 Å². The molecule has 0 aromatic heterocycles. The van der Waals surface area contributed by atoms with E-state index in [9.17, 15) is 4.79 Å². The number of hydrogen-bond donors (Lipinski definition) is 1. The number of hydrogen-bond acceptors (Lipinski definition) is 3. The Morgan fingerprint density at radius 3 is 2.91 bits per heavy atom. The molecule has 1 saturated heterocycles. The van der Waals surface area contributed by atoms with Crippen LogP contribution in [0, 0.1) is 0 Å². The molecule has 1 atom stereocenters. The van der Waals surface area contributed by atoms with Gasteiger partial charge >= 0.3 is 5.97 Å². The van der Waals surface area contributed by atoms with Crippen molar-refractivity contribution in [1.29, 1.82) is 0 Å². The van der Waals surface area contributed by atoms with Crippen LogP contribution in [0.3, 0.4) is 0 Å². The van der Waals surface area contributed by atoms with Crippen LogP contribution in [-0.2, 0) is 9.53 Å². The van der Waals surface area contributed by atoms with Gasteiger partial charge in [-0.2, -0.15) is 11.8 Å². The number of ether oxygens (including phenoxy) is 1. The highest BCUT2D eigenvalue weighted by Gasteiger charge is 2.42. The van der Waals surface area contributed by atoms with E-state index in [1.54, 1.807) is 11.8 Å². The average Bonchev–Trinajstić information content (AvgIpc) is 2.38. The van der Waals surface area contributed by atoms with Crippen LogP contribution in [0.1, 0.15) is 13.3 Å². The van der Waals surface area contributed by atoms with E-state index in [0.29, 0.717) is 18.8 Å². The molecule has 1 N–H and O–H groups in total. The van der Waals surface area contributed by atoms with E-state index in [1.807, 2.05) is 6.92 Å². The lowest BCUT2D eigenvalue weighted by atomic mass is 10.0. The van der Waals surface area contributed by atoms with Gasteiger partial charge in [0.05, 0.1) is 0 Å². The zero-order valence-electron chi connectivity index (χ0n) is 6.50. The number of carboxylic acid groups (broad SMARTS) is 1. The second-order valence-corrected chi connectivity index (χ2v) is 3.64. The Morgan fingerprint density at radius 1 is 1.82 bits per heavy atom. The minimum Gasteiger partial charge on any atom is -0.479 e. The zero-order valence-corrected chi connectivity index (χ0v) is 7.32. The predicted molar refractivity (Wildman–Crippen MR) is 43.9 cm³/mol. The quantitative estimate of drug-likeness (QED) is 0.696. The molecule has 0 saturated carbocycles. The summed E-state index contributed by atoms with van der Waals surface area (Å²) in [4.78, 5) is 10.8. The predicted octanol–water partition coefficient (Wildman–Crippen LogP) is 0.983. The fraction of sp³-hybridized carbons (Fsp3) is 0.857. The molecule has 0 aromatic carbocycles. The van der Waals surface area contributed by atoms with Crippen molar-refractivity contribution in [2.75, 3.05) is 18.1 Å². The van der Waals surface area contributed by atoms with Gasteiger partial charge in [-0.1, -0.05) is 0 Å². The van der Waals surface area contributed by atoms with Gasteiger partial charge < -0.3 is 9.84 Å². The maximum Gasteiger partial charge on any atom is 0.336 e. The number of carboxylic acids is 1. The second kappa shape index (κ2) is 3.45. The van der Waals surface area contributed by atoms with E-state index in [1.165, 1.54) is 0 Å². The van der Waals surface area contributed by atoms with Crippen LogP contribution in [-0.4, -0.2) is 34.8 Å². The summed E-state index contributed by atoms with van der Waals surface area (Å²) in [6, 6.07) is 0. The van der Waals surface area contributed by atoms with E-state index < -0.39 is 11.6 Å². The molecule has 0 spiro atoms. The van der Waals surface area contributed by atoms with Crippen LogP contribution in [0.25, 0.3) is 0 Å². The first-order valence-electron chi connectivity index (χ1n) is 3.66. The molecular weight excluding hydrogens is 164 g/mol. The number of aliphatic carboxylic acids is 1. The third kappa shape index (κ3) is 1.68. The normalized spacial score (nSPS) is 30.6. The molecule has 64 valence electrons. The summed E-state index contributed by atoms with van der Waals surface area (Å²) >= 11 is 1.64. The fourth-order valence-electron chi connectivity index (χ4n) is 1.17. The second-order valence-electron chi connectivity index (χ2n) is 2.54.